The van der Waals surface area contributed by atoms with E-state index in [9.17, 15) is 0 Å². The molecule has 11 rings (SSSR count). The lowest BCUT2D eigenvalue weighted by atomic mass is 9.96. The van der Waals surface area contributed by atoms with Crippen LogP contribution in [0.5, 0.6) is 0 Å². The van der Waals surface area contributed by atoms with Gasteiger partial charge in [0.25, 0.3) is 0 Å². The van der Waals surface area contributed by atoms with E-state index in [-0.39, 0.29) is 0 Å². The second-order valence-corrected chi connectivity index (χ2v) is 14.0. The zero-order valence-corrected chi connectivity index (χ0v) is 30.4. The number of rotatable bonds is 6. The van der Waals surface area contributed by atoms with E-state index in [2.05, 4.69) is 131 Å². The number of fused-ring (bicyclic) bond motifs is 6. The third kappa shape index (κ3) is 5.95. The summed E-state index contributed by atoms with van der Waals surface area (Å²) in [6.45, 7) is 0. The van der Waals surface area contributed by atoms with Crippen molar-refractivity contribution in [3.8, 4) is 67.5 Å². The SMILES string of the molecule is c1ccc(-c2ccc(-c3nc(-c4ccccc4)nc(-c4cccc(-c5ccc(-c6ccc7c(ccc8oc9nc%10cccnc%10nc9c87)c6)cc5)c4)n3)cc2)cc1. The van der Waals surface area contributed by atoms with E-state index in [1.54, 1.807) is 6.20 Å². The van der Waals surface area contributed by atoms with Crippen molar-refractivity contribution in [1.82, 2.24) is 29.9 Å². The van der Waals surface area contributed by atoms with Gasteiger partial charge < -0.3 is 4.42 Å². The van der Waals surface area contributed by atoms with Crippen LogP contribution in [0, 0.1) is 0 Å². The Balaban J connectivity index is 0.921. The molecule has 0 saturated carbocycles. The average Bonchev–Trinajstić information content (AvgIpc) is 3.66. The van der Waals surface area contributed by atoms with Gasteiger partial charge in [0.2, 0.25) is 5.71 Å². The molecule has 0 bridgehead atoms. The van der Waals surface area contributed by atoms with Crippen LogP contribution >= 0.6 is 0 Å². The molecule has 7 aromatic carbocycles. The van der Waals surface area contributed by atoms with Gasteiger partial charge in [-0.3, -0.25) is 0 Å². The largest absolute Gasteiger partial charge is 0.436 e. The first kappa shape index (κ1) is 32.5. The lowest BCUT2D eigenvalue weighted by Gasteiger charge is -2.11. The first-order valence-corrected chi connectivity index (χ1v) is 18.8. The fraction of sp³-hybridized carbons (Fsp3) is 0. The highest BCUT2D eigenvalue weighted by Gasteiger charge is 2.16. The van der Waals surface area contributed by atoms with Gasteiger partial charge >= 0.3 is 0 Å². The average molecular weight is 731 g/mol. The smallest absolute Gasteiger partial charge is 0.247 e. The molecule has 0 radical (unpaired) electrons. The van der Waals surface area contributed by atoms with Gasteiger partial charge in [0.1, 0.15) is 16.6 Å². The van der Waals surface area contributed by atoms with E-state index < -0.39 is 0 Å². The minimum Gasteiger partial charge on any atom is -0.436 e. The molecule has 7 nitrogen and oxygen atoms in total. The Morgan fingerprint density at radius 2 is 0.912 bits per heavy atom. The summed E-state index contributed by atoms with van der Waals surface area (Å²) in [5.41, 5.74) is 12.8. The number of pyridine rings is 1. The second-order valence-electron chi connectivity index (χ2n) is 14.0. The summed E-state index contributed by atoms with van der Waals surface area (Å²) in [6.07, 6.45) is 1.73. The molecule has 0 unspecified atom stereocenters. The van der Waals surface area contributed by atoms with Crippen LogP contribution < -0.4 is 0 Å². The summed E-state index contributed by atoms with van der Waals surface area (Å²) in [5, 5.41) is 3.11. The normalized spacial score (nSPS) is 11.5. The van der Waals surface area contributed by atoms with Crippen LogP contribution in [0.2, 0.25) is 0 Å². The van der Waals surface area contributed by atoms with E-state index in [1.807, 2.05) is 54.6 Å². The van der Waals surface area contributed by atoms with Crippen molar-refractivity contribution in [2.75, 3.05) is 0 Å². The predicted molar refractivity (Wildman–Crippen MR) is 228 cm³/mol. The summed E-state index contributed by atoms with van der Waals surface area (Å²) in [7, 11) is 0. The first-order chi connectivity index (χ1) is 28.2. The van der Waals surface area contributed by atoms with Crippen molar-refractivity contribution in [2.24, 2.45) is 0 Å². The maximum atomic E-state index is 6.13. The predicted octanol–water partition coefficient (Wildman–Crippen LogP) is 12.3. The fourth-order valence-corrected chi connectivity index (χ4v) is 7.52. The van der Waals surface area contributed by atoms with Crippen LogP contribution in [0.3, 0.4) is 0 Å². The third-order valence-corrected chi connectivity index (χ3v) is 10.4. The Bertz CT molecular complexity index is 3270. The molecule has 4 aromatic heterocycles. The minimum absolute atomic E-state index is 0.517. The number of furan rings is 1. The Morgan fingerprint density at radius 3 is 1.63 bits per heavy atom. The third-order valence-electron chi connectivity index (χ3n) is 10.4. The number of aromatic nitrogens is 6. The molecular formula is C50H30N6O. The molecule has 0 saturated heterocycles. The maximum absolute atomic E-state index is 6.13. The topological polar surface area (TPSA) is 90.5 Å². The quantitative estimate of drug-likeness (QED) is 0.168. The summed E-state index contributed by atoms with van der Waals surface area (Å²) >= 11 is 0. The molecule has 266 valence electrons. The standard InChI is InChI=1S/C50H30N6O/c1-3-9-31(10-4-1)32-20-22-36(23-21-32)47-54-46(35-11-5-2-6-12-35)55-48(56-47)40-14-7-13-37(30-40)33-16-18-34(19-17-33)38-24-26-41-39(29-38)25-27-43-44(41)45-50(57-43)52-42-15-8-28-51-49(42)53-45/h1-30H. The van der Waals surface area contributed by atoms with E-state index >= 15 is 0 Å². The number of nitrogens with zero attached hydrogens (tertiary/aromatic N) is 6. The van der Waals surface area contributed by atoms with Crippen molar-refractivity contribution >= 4 is 44.1 Å². The molecule has 0 N–H and O–H groups in total. The molecule has 7 heteroatoms. The van der Waals surface area contributed by atoms with E-state index in [1.165, 1.54) is 5.56 Å². The Labute approximate surface area is 327 Å². The second kappa shape index (κ2) is 13.4. The summed E-state index contributed by atoms with van der Waals surface area (Å²) in [6, 6.07) is 60.3. The summed E-state index contributed by atoms with van der Waals surface area (Å²) in [5.74, 6) is 1.88. The van der Waals surface area contributed by atoms with E-state index in [0.717, 1.165) is 71.8 Å². The summed E-state index contributed by atoms with van der Waals surface area (Å²) in [4.78, 5) is 28.9. The molecule has 4 heterocycles. The highest BCUT2D eigenvalue weighted by molar-refractivity contribution is 6.18. The minimum atomic E-state index is 0.517. The van der Waals surface area contributed by atoms with Crippen LogP contribution in [-0.2, 0) is 0 Å². The lowest BCUT2D eigenvalue weighted by Crippen LogP contribution is -2.00. The zero-order chi connectivity index (χ0) is 37.7. The first-order valence-electron chi connectivity index (χ1n) is 18.8. The lowest BCUT2D eigenvalue weighted by molar-refractivity contribution is 0.655. The monoisotopic (exact) mass is 730 g/mol. The van der Waals surface area contributed by atoms with Gasteiger partial charge in [-0.1, -0.05) is 146 Å². The summed E-state index contributed by atoms with van der Waals surface area (Å²) < 4.78 is 6.13. The van der Waals surface area contributed by atoms with Crippen LogP contribution in [0.4, 0.5) is 0 Å². The molecule has 0 aliphatic rings. The van der Waals surface area contributed by atoms with E-state index in [0.29, 0.717) is 34.4 Å². The molecule has 0 aliphatic carbocycles. The molecular weight excluding hydrogens is 701 g/mol. The van der Waals surface area contributed by atoms with Crippen molar-refractivity contribution in [3.63, 3.8) is 0 Å². The number of hydrogen-bond acceptors (Lipinski definition) is 7. The number of hydrogen-bond donors (Lipinski definition) is 0. The van der Waals surface area contributed by atoms with Gasteiger partial charge in [-0.05, 0) is 74.5 Å². The molecule has 57 heavy (non-hydrogen) atoms. The van der Waals surface area contributed by atoms with Gasteiger partial charge in [0, 0.05) is 22.9 Å². The van der Waals surface area contributed by atoms with E-state index in [4.69, 9.17) is 24.4 Å². The van der Waals surface area contributed by atoms with Crippen LogP contribution in [0.15, 0.2) is 187 Å². The van der Waals surface area contributed by atoms with Crippen molar-refractivity contribution in [2.45, 2.75) is 0 Å². The number of benzene rings is 7. The van der Waals surface area contributed by atoms with Crippen molar-refractivity contribution in [3.05, 3.63) is 182 Å². The highest BCUT2D eigenvalue weighted by Crippen LogP contribution is 2.36. The maximum Gasteiger partial charge on any atom is 0.247 e. The van der Waals surface area contributed by atoms with Crippen LogP contribution in [-0.4, -0.2) is 29.9 Å². The fourth-order valence-electron chi connectivity index (χ4n) is 7.52. The van der Waals surface area contributed by atoms with Gasteiger partial charge in [-0.25, -0.2) is 29.9 Å². The molecule has 0 spiro atoms. The molecule has 0 atom stereocenters. The van der Waals surface area contributed by atoms with Gasteiger partial charge in [0.15, 0.2) is 23.1 Å². The van der Waals surface area contributed by atoms with Crippen LogP contribution in [0.25, 0.3) is 112 Å². The van der Waals surface area contributed by atoms with Crippen LogP contribution in [0.1, 0.15) is 0 Å². The molecule has 0 fully saturated rings. The van der Waals surface area contributed by atoms with Gasteiger partial charge in [0.05, 0.1) is 5.39 Å². The Kier molecular flexibility index (Phi) is 7.67. The zero-order valence-electron chi connectivity index (χ0n) is 30.4. The van der Waals surface area contributed by atoms with Crippen molar-refractivity contribution in [1.29, 1.82) is 0 Å². The molecule has 0 amide bonds. The Hall–Kier alpha value is -7.90. The highest BCUT2D eigenvalue weighted by atomic mass is 16.3. The molecule has 0 aliphatic heterocycles. The molecule has 11 aromatic rings. The Morgan fingerprint density at radius 1 is 0.368 bits per heavy atom. The van der Waals surface area contributed by atoms with Crippen molar-refractivity contribution < 1.29 is 4.42 Å². The van der Waals surface area contributed by atoms with Gasteiger partial charge in [-0.15, -0.1) is 0 Å². The van der Waals surface area contributed by atoms with Gasteiger partial charge in [-0.2, -0.15) is 0 Å².